The predicted octanol–water partition coefficient (Wildman–Crippen LogP) is 3.10. The van der Waals surface area contributed by atoms with Crippen LogP contribution in [0.25, 0.3) is 0 Å². The van der Waals surface area contributed by atoms with Crippen molar-refractivity contribution in [2.24, 2.45) is 0 Å². The van der Waals surface area contributed by atoms with Crippen molar-refractivity contribution < 1.29 is 26.3 Å². The number of rotatable bonds is 2. The van der Waals surface area contributed by atoms with Gasteiger partial charge in [-0.15, -0.1) is 0 Å². The van der Waals surface area contributed by atoms with E-state index in [0.717, 1.165) is 0 Å². The molecule has 0 aliphatic carbocycles. The van der Waals surface area contributed by atoms with Gasteiger partial charge in [-0.1, -0.05) is 0 Å². The van der Waals surface area contributed by atoms with Crippen molar-refractivity contribution in [3.63, 3.8) is 0 Å². The molecular formula is C5H5F6. The van der Waals surface area contributed by atoms with Crippen LogP contribution in [0.5, 0.6) is 0 Å². The van der Waals surface area contributed by atoms with E-state index < -0.39 is 25.2 Å². The molecule has 11 heavy (non-hydrogen) atoms. The van der Waals surface area contributed by atoms with E-state index in [-0.39, 0.29) is 6.42 Å². The van der Waals surface area contributed by atoms with Gasteiger partial charge in [-0.25, -0.2) is 0 Å². The first-order chi connectivity index (χ1) is 4.71. The monoisotopic (exact) mass is 179 g/mol. The van der Waals surface area contributed by atoms with Gasteiger partial charge in [-0.3, -0.25) is 0 Å². The van der Waals surface area contributed by atoms with E-state index in [1.807, 2.05) is 0 Å². The molecule has 0 N–H and O–H groups in total. The average molecular weight is 179 g/mol. The standard InChI is InChI=1S/C5H5F6/c6-4(7,8)2-1-3-5(9,10)11/h1H,2-3H2. The molecule has 0 saturated heterocycles. The quantitative estimate of drug-likeness (QED) is 0.571. The van der Waals surface area contributed by atoms with Crippen LogP contribution in [0.15, 0.2) is 0 Å². The fraction of sp³-hybridized carbons (Fsp3) is 0.800. The van der Waals surface area contributed by atoms with Gasteiger partial charge in [0.15, 0.2) is 0 Å². The van der Waals surface area contributed by atoms with Gasteiger partial charge < -0.3 is 0 Å². The molecule has 0 nitrogen and oxygen atoms in total. The van der Waals surface area contributed by atoms with Crippen molar-refractivity contribution in [2.75, 3.05) is 0 Å². The summed E-state index contributed by atoms with van der Waals surface area (Å²) in [7, 11) is 0. The number of hydrogen-bond acceptors (Lipinski definition) is 0. The topological polar surface area (TPSA) is 0 Å². The highest BCUT2D eigenvalue weighted by molar-refractivity contribution is 4.72. The molecule has 0 amide bonds. The van der Waals surface area contributed by atoms with Crippen LogP contribution in [0.3, 0.4) is 0 Å². The molecule has 0 atom stereocenters. The summed E-state index contributed by atoms with van der Waals surface area (Å²) in [4.78, 5) is 0. The molecular weight excluding hydrogens is 174 g/mol. The van der Waals surface area contributed by atoms with Crippen molar-refractivity contribution in [1.82, 2.24) is 0 Å². The van der Waals surface area contributed by atoms with Crippen LogP contribution in [0.4, 0.5) is 26.3 Å². The first-order valence-electron chi connectivity index (χ1n) is 2.66. The molecule has 1 radical (unpaired) electrons. The second-order valence-corrected chi connectivity index (χ2v) is 1.93. The van der Waals surface area contributed by atoms with Gasteiger partial charge in [0.25, 0.3) is 0 Å². The van der Waals surface area contributed by atoms with Crippen LogP contribution in [-0.4, -0.2) is 12.4 Å². The van der Waals surface area contributed by atoms with E-state index in [9.17, 15) is 26.3 Å². The Labute approximate surface area is 59.2 Å². The summed E-state index contributed by atoms with van der Waals surface area (Å²) in [6, 6.07) is 0. The minimum Gasteiger partial charge on any atom is -0.171 e. The summed E-state index contributed by atoms with van der Waals surface area (Å²) >= 11 is 0. The smallest absolute Gasteiger partial charge is 0.171 e. The molecule has 67 valence electrons. The first-order valence-corrected chi connectivity index (χ1v) is 2.66. The Morgan fingerprint density at radius 1 is 0.727 bits per heavy atom. The molecule has 0 heterocycles. The van der Waals surface area contributed by atoms with Gasteiger partial charge in [0.2, 0.25) is 0 Å². The van der Waals surface area contributed by atoms with Gasteiger partial charge in [-0.2, -0.15) is 26.3 Å². The summed E-state index contributed by atoms with van der Waals surface area (Å²) in [5.41, 5.74) is 0. The average Bonchev–Trinajstić information content (AvgIpc) is 1.55. The first kappa shape index (κ1) is 10.6. The highest BCUT2D eigenvalue weighted by atomic mass is 19.4. The molecule has 0 bridgehead atoms. The molecule has 0 rings (SSSR count). The van der Waals surface area contributed by atoms with Gasteiger partial charge in [0.1, 0.15) is 0 Å². The Hall–Kier alpha value is -0.420. The number of hydrogen-bond donors (Lipinski definition) is 0. The lowest BCUT2D eigenvalue weighted by Crippen LogP contribution is -2.12. The van der Waals surface area contributed by atoms with Crippen molar-refractivity contribution in [3.8, 4) is 0 Å². The molecule has 6 heteroatoms. The molecule has 0 aromatic heterocycles. The summed E-state index contributed by atoms with van der Waals surface area (Å²) in [5.74, 6) is 0. The Kier molecular flexibility index (Phi) is 3.19. The number of halogens is 6. The molecule has 0 aliphatic rings. The highest BCUT2D eigenvalue weighted by Crippen LogP contribution is 2.27. The largest absolute Gasteiger partial charge is 0.389 e. The number of alkyl halides is 6. The lowest BCUT2D eigenvalue weighted by Gasteiger charge is -2.07. The third-order valence-electron chi connectivity index (χ3n) is 0.752. The Morgan fingerprint density at radius 2 is 1.00 bits per heavy atom. The van der Waals surface area contributed by atoms with Crippen molar-refractivity contribution in [1.29, 1.82) is 0 Å². The van der Waals surface area contributed by atoms with E-state index in [1.165, 1.54) is 0 Å². The zero-order chi connectivity index (χ0) is 9.12. The molecule has 0 aromatic rings. The molecule has 0 spiro atoms. The molecule has 0 saturated carbocycles. The van der Waals surface area contributed by atoms with E-state index in [4.69, 9.17) is 0 Å². The zero-order valence-electron chi connectivity index (χ0n) is 5.26. The van der Waals surface area contributed by atoms with Crippen molar-refractivity contribution in [3.05, 3.63) is 6.42 Å². The Morgan fingerprint density at radius 3 is 1.18 bits per heavy atom. The van der Waals surface area contributed by atoms with Crippen LogP contribution in [0, 0.1) is 6.42 Å². The molecule has 0 aliphatic heterocycles. The van der Waals surface area contributed by atoms with Crippen LogP contribution in [0.2, 0.25) is 0 Å². The molecule has 0 fully saturated rings. The fourth-order valence-electron chi connectivity index (χ4n) is 0.399. The second kappa shape index (κ2) is 3.32. The molecule has 0 unspecified atom stereocenters. The maximum absolute atomic E-state index is 11.2. The predicted molar refractivity (Wildman–Crippen MR) is 25.6 cm³/mol. The summed E-state index contributed by atoms with van der Waals surface area (Å²) in [5, 5.41) is 0. The van der Waals surface area contributed by atoms with Gasteiger partial charge in [-0.05, 0) is 6.42 Å². The minimum absolute atomic E-state index is 0.167. The Balaban J connectivity index is 3.44. The molecule has 0 aromatic carbocycles. The lowest BCUT2D eigenvalue weighted by molar-refractivity contribution is -0.144. The highest BCUT2D eigenvalue weighted by Gasteiger charge is 2.32. The van der Waals surface area contributed by atoms with Crippen LogP contribution in [0.1, 0.15) is 12.8 Å². The maximum Gasteiger partial charge on any atom is 0.389 e. The minimum atomic E-state index is -4.54. The summed E-state index contributed by atoms with van der Waals surface area (Å²) < 4.78 is 67.4. The third-order valence-corrected chi connectivity index (χ3v) is 0.752. The van der Waals surface area contributed by atoms with Crippen LogP contribution in [-0.2, 0) is 0 Å². The van der Waals surface area contributed by atoms with Crippen LogP contribution < -0.4 is 0 Å². The van der Waals surface area contributed by atoms with Crippen molar-refractivity contribution in [2.45, 2.75) is 25.2 Å². The second-order valence-electron chi connectivity index (χ2n) is 1.93. The van der Waals surface area contributed by atoms with E-state index in [1.54, 1.807) is 0 Å². The van der Waals surface area contributed by atoms with Crippen molar-refractivity contribution >= 4 is 0 Å². The van der Waals surface area contributed by atoms with Gasteiger partial charge >= 0.3 is 12.4 Å². The van der Waals surface area contributed by atoms with E-state index in [2.05, 4.69) is 0 Å². The SMILES string of the molecule is FC(F)(F)C[CH]CC(F)(F)F. The Bertz CT molecular complexity index is 95.1. The summed E-state index contributed by atoms with van der Waals surface area (Å²) in [6.07, 6.45) is -11.9. The lowest BCUT2D eigenvalue weighted by atomic mass is 10.2. The van der Waals surface area contributed by atoms with Gasteiger partial charge in [0.05, 0.1) is 0 Å². The van der Waals surface area contributed by atoms with E-state index in [0.29, 0.717) is 0 Å². The fourth-order valence-corrected chi connectivity index (χ4v) is 0.399. The van der Waals surface area contributed by atoms with E-state index >= 15 is 0 Å². The van der Waals surface area contributed by atoms with Crippen LogP contribution >= 0.6 is 0 Å². The zero-order valence-corrected chi connectivity index (χ0v) is 5.26. The normalized spacial score (nSPS) is 13.6. The van der Waals surface area contributed by atoms with Gasteiger partial charge in [0, 0.05) is 12.8 Å². The summed E-state index contributed by atoms with van der Waals surface area (Å²) in [6.45, 7) is 0. The maximum atomic E-state index is 11.2. The third kappa shape index (κ3) is 9.58.